The average molecular weight is 234 g/mol. The second-order valence-corrected chi connectivity index (χ2v) is 3.68. The molecule has 0 unspecified atom stereocenters. The number of hydrogen-bond acceptors (Lipinski definition) is 4. The molecular weight excluding hydrogens is 220 g/mol. The van der Waals surface area contributed by atoms with E-state index in [4.69, 9.17) is 4.42 Å². The maximum atomic E-state index is 11.8. The maximum Gasteiger partial charge on any atom is 0.293 e. The molecule has 90 valence electrons. The summed E-state index contributed by atoms with van der Waals surface area (Å²) in [7, 11) is 1.72. The Bertz CT molecular complexity index is 541. The highest BCUT2D eigenvalue weighted by Crippen LogP contribution is 2.11. The van der Waals surface area contributed by atoms with Crippen molar-refractivity contribution in [2.45, 2.75) is 20.3 Å². The van der Waals surface area contributed by atoms with Gasteiger partial charge in [0.15, 0.2) is 5.76 Å². The monoisotopic (exact) mass is 234 g/mol. The SMILES string of the molecule is CCc1ccc(C(=O)Nc2nc(C)nn2C)o1. The minimum Gasteiger partial charge on any atom is -0.456 e. The number of rotatable bonds is 3. The molecule has 0 aromatic carbocycles. The molecule has 0 aliphatic carbocycles. The fraction of sp³-hybridized carbons (Fsp3) is 0.364. The molecule has 0 atom stereocenters. The highest BCUT2D eigenvalue weighted by Gasteiger charge is 2.13. The molecule has 0 bridgehead atoms. The summed E-state index contributed by atoms with van der Waals surface area (Å²) in [6, 6.07) is 3.44. The first kappa shape index (κ1) is 11.4. The van der Waals surface area contributed by atoms with E-state index >= 15 is 0 Å². The summed E-state index contributed by atoms with van der Waals surface area (Å²) in [6.45, 7) is 3.73. The van der Waals surface area contributed by atoms with Gasteiger partial charge in [-0.15, -0.1) is 0 Å². The van der Waals surface area contributed by atoms with Crippen LogP contribution in [0.15, 0.2) is 16.5 Å². The van der Waals surface area contributed by atoms with E-state index in [-0.39, 0.29) is 11.7 Å². The Morgan fingerprint density at radius 3 is 2.82 bits per heavy atom. The van der Waals surface area contributed by atoms with Crippen molar-refractivity contribution in [3.05, 3.63) is 29.5 Å². The third kappa shape index (κ3) is 2.35. The summed E-state index contributed by atoms with van der Waals surface area (Å²) in [5, 5.41) is 6.68. The lowest BCUT2D eigenvalue weighted by Crippen LogP contribution is -2.14. The van der Waals surface area contributed by atoms with Crippen LogP contribution in [0.3, 0.4) is 0 Å². The lowest BCUT2D eigenvalue weighted by molar-refractivity contribution is 0.0993. The fourth-order valence-corrected chi connectivity index (χ4v) is 1.47. The number of furan rings is 1. The molecule has 17 heavy (non-hydrogen) atoms. The van der Waals surface area contributed by atoms with E-state index in [0.29, 0.717) is 11.8 Å². The minimum absolute atomic E-state index is 0.280. The zero-order valence-electron chi connectivity index (χ0n) is 10.0. The lowest BCUT2D eigenvalue weighted by Gasteiger charge is -2.00. The number of hydrogen-bond donors (Lipinski definition) is 1. The van der Waals surface area contributed by atoms with Gasteiger partial charge in [0.05, 0.1) is 0 Å². The molecular formula is C11H14N4O2. The van der Waals surface area contributed by atoms with Gasteiger partial charge in [-0.3, -0.25) is 10.1 Å². The number of carbonyl (C=O) groups is 1. The molecule has 0 saturated heterocycles. The molecule has 2 aromatic rings. The molecule has 0 saturated carbocycles. The van der Waals surface area contributed by atoms with Crippen molar-refractivity contribution in [2.75, 3.05) is 5.32 Å². The zero-order valence-corrected chi connectivity index (χ0v) is 10.0. The number of nitrogens with one attached hydrogen (secondary N) is 1. The van der Waals surface area contributed by atoms with Gasteiger partial charge in [0.25, 0.3) is 5.91 Å². The van der Waals surface area contributed by atoms with Gasteiger partial charge in [-0.1, -0.05) is 6.92 Å². The lowest BCUT2D eigenvalue weighted by atomic mass is 10.3. The van der Waals surface area contributed by atoms with Gasteiger partial charge in [0, 0.05) is 13.5 Å². The van der Waals surface area contributed by atoms with Crippen LogP contribution >= 0.6 is 0 Å². The quantitative estimate of drug-likeness (QED) is 0.874. The Labute approximate surface area is 98.6 Å². The Morgan fingerprint density at radius 2 is 2.29 bits per heavy atom. The predicted octanol–water partition coefficient (Wildman–Crippen LogP) is 1.53. The first-order valence-corrected chi connectivity index (χ1v) is 5.38. The number of amides is 1. The Balaban J connectivity index is 2.14. The number of aromatic nitrogens is 3. The van der Waals surface area contributed by atoms with Crippen molar-refractivity contribution >= 4 is 11.9 Å². The van der Waals surface area contributed by atoms with E-state index in [1.807, 2.05) is 6.92 Å². The van der Waals surface area contributed by atoms with Crippen molar-refractivity contribution in [3.8, 4) is 0 Å². The van der Waals surface area contributed by atoms with Crippen LogP contribution in [-0.2, 0) is 13.5 Å². The number of nitrogens with zero attached hydrogens (tertiary/aromatic N) is 3. The highest BCUT2D eigenvalue weighted by molar-refractivity contribution is 6.01. The number of aryl methyl sites for hydroxylation is 3. The molecule has 6 nitrogen and oxygen atoms in total. The van der Waals surface area contributed by atoms with E-state index in [0.717, 1.165) is 12.2 Å². The van der Waals surface area contributed by atoms with Crippen LogP contribution in [0.4, 0.5) is 5.95 Å². The Morgan fingerprint density at radius 1 is 1.53 bits per heavy atom. The molecule has 2 aromatic heterocycles. The van der Waals surface area contributed by atoms with Crippen molar-refractivity contribution in [1.82, 2.24) is 14.8 Å². The van der Waals surface area contributed by atoms with Crippen molar-refractivity contribution in [1.29, 1.82) is 0 Å². The Kier molecular flexibility index (Phi) is 2.95. The molecule has 1 amide bonds. The molecule has 1 N–H and O–H groups in total. The van der Waals surface area contributed by atoms with Gasteiger partial charge in [0.2, 0.25) is 5.95 Å². The van der Waals surface area contributed by atoms with Crippen LogP contribution < -0.4 is 5.32 Å². The van der Waals surface area contributed by atoms with E-state index in [1.165, 1.54) is 4.68 Å². The smallest absolute Gasteiger partial charge is 0.293 e. The van der Waals surface area contributed by atoms with Gasteiger partial charge < -0.3 is 4.42 Å². The highest BCUT2D eigenvalue weighted by atomic mass is 16.3. The molecule has 2 rings (SSSR count). The normalized spacial score (nSPS) is 10.5. The summed E-state index contributed by atoms with van der Waals surface area (Å²) in [6.07, 6.45) is 0.760. The number of anilines is 1. The van der Waals surface area contributed by atoms with Crippen LogP contribution in [0.2, 0.25) is 0 Å². The van der Waals surface area contributed by atoms with Gasteiger partial charge >= 0.3 is 0 Å². The first-order chi connectivity index (χ1) is 8.10. The minimum atomic E-state index is -0.319. The zero-order chi connectivity index (χ0) is 12.4. The van der Waals surface area contributed by atoms with E-state index in [2.05, 4.69) is 15.4 Å². The van der Waals surface area contributed by atoms with Gasteiger partial charge in [-0.05, 0) is 19.1 Å². The van der Waals surface area contributed by atoms with Crippen molar-refractivity contribution in [3.63, 3.8) is 0 Å². The molecule has 6 heteroatoms. The van der Waals surface area contributed by atoms with Crippen LogP contribution in [0, 0.1) is 6.92 Å². The maximum absolute atomic E-state index is 11.8. The molecule has 2 heterocycles. The largest absolute Gasteiger partial charge is 0.456 e. The second-order valence-electron chi connectivity index (χ2n) is 3.68. The summed E-state index contributed by atoms with van der Waals surface area (Å²) in [4.78, 5) is 15.9. The van der Waals surface area contributed by atoms with E-state index in [1.54, 1.807) is 26.1 Å². The van der Waals surface area contributed by atoms with E-state index in [9.17, 15) is 4.79 Å². The van der Waals surface area contributed by atoms with E-state index < -0.39 is 0 Å². The van der Waals surface area contributed by atoms with Crippen molar-refractivity contribution in [2.24, 2.45) is 7.05 Å². The first-order valence-electron chi connectivity index (χ1n) is 5.38. The van der Waals surface area contributed by atoms with Gasteiger partial charge in [-0.25, -0.2) is 4.68 Å². The molecule has 0 radical (unpaired) electrons. The van der Waals surface area contributed by atoms with Crippen LogP contribution in [0.1, 0.15) is 29.1 Å². The van der Waals surface area contributed by atoms with Crippen molar-refractivity contribution < 1.29 is 9.21 Å². The fourth-order valence-electron chi connectivity index (χ4n) is 1.47. The van der Waals surface area contributed by atoms with Crippen LogP contribution in [0.25, 0.3) is 0 Å². The molecule has 0 fully saturated rings. The average Bonchev–Trinajstić information content (AvgIpc) is 2.86. The van der Waals surface area contributed by atoms with Crippen LogP contribution in [-0.4, -0.2) is 20.7 Å². The van der Waals surface area contributed by atoms with Gasteiger partial charge in [-0.2, -0.15) is 10.1 Å². The number of carbonyl (C=O) groups excluding carboxylic acids is 1. The van der Waals surface area contributed by atoms with Gasteiger partial charge in [0.1, 0.15) is 11.6 Å². The summed E-state index contributed by atoms with van der Waals surface area (Å²) in [5.41, 5.74) is 0. The molecule has 0 spiro atoms. The summed E-state index contributed by atoms with van der Waals surface area (Å²) in [5.74, 6) is 1.76. The predicted molar refractivity (Wildman–Crippen MR) is 61.8 cm³/mol. The third-order valence-corrected chi connectivity index (χ3v) is 2.33. The third-order valence-electron chi connectivity index (χ3n) is 2.33. The molecule has 0 aliphatic rings. The van der Waals surface area contributed by atoms with Crippen LogP contribution in [0.5, 0.6) is 0 Å². The molecule has 0 aliphatic heterocycles. The standard InChI is InChI=1S/C11H14N4O2/c1-4-8-5-6-9(17-8)10(16)13-11-12-7(2)14-15(11)3/h5-6H,4H2,1-3H3,(H,12,13,14,16). The Hall–Kier alpha value is -2.11. The summed E-state index contributed by atoms with van der Waals surface area (Å²) < 4.78 is 6.85. The second kappa shape index (κ2) is 4.40. The summed E-state index contributed by atoms with van der Waals surface area (Å²) >= 11 is 0. The topological polar surface area (TPSA) is 73.0 Å².